The Hall–Kier alpha value is -1.16. The van der Waals surface area contributed by atoms with Crippen molar-refractivity contribution in [3.8, 4) is 11.3 Å². The van der Waals surface area contributed by atoms with Crippen molar-refractivity contribution >= 4 is 24.8 Å². The van der Waals surface area contributed by atoms with E-state index in [2.05, 4.69) is 39.6 Å². The summed E-state index contributed by atoms with van der Waals surface area (Å²) in [5, 5.41) is 3.42. The molecule has 3 rings (SSSR count). The molecule has 0 atom stereocenters. The number of fused-ring (bicyclic) bond motifs is 1. The number of nitrogens with one attached hydrogen (secondary N) is 1. The summed E-state index contributed by atoms with van der Waals surface area (Å²) in [5.41, 5.74) is 4.84. The molecule has 0 bridgehead atoms. The molecule has 5 heteroatoms. The number of hydrogen-bond donors (Lipinski definition) is 1. The molecule has 108 valence electrons. The van der Waals surface area contributed by atoms with Gasteiger partial charge in [0, 0.05) is 29.8 Å². The largest absolute Gasteiger partial charge is 0.316 e. The molecular weight excluding hydrogens is 293 g/mol. The monoisotopic (exact) mass is 311 g/mol. The summed E-state index contributed by atoms with van der Waals surface area (Å²) >= 11 is 0. The van der Waals surface area contributed by atoms with Gasteiger partial charge < -0.3 is 5.32 Å². The van der Waals surface area contributed by atoms with E-state index in [0.717, 1.165) is 37.4 Å². The van der Waals surface area contributed by atoms with Gasteiger partial charge in [0.15, 0.2) is 0 Å². The summed E-state index contributed by atoms with van der Waals surface area (Å²) in [4.78, 5) is 9.27. The summed E-state index contributed by atoms with van der Waals surface area (Å²) in [6, 6.07) is 10.4. The highest BCUT2D eigenvalue weighted by Gasteiger charge is 2.16. The lowest BCUT2D eigenvalue weighted by molar-refractivity contribution is 0.708. The van der Waals surface area contributed by atoms with Gasteiger partial charge in [0.1, 0.15) is 5.82 Å². The minimum Gasteiger partial charge on any atom is -0.316 e. The molecule has 0 amide bonds. The van der Waals surface area contributed by atoms with Crippen LogP contribution in [0.3, 0.4) is 0 Å². The number of aryl methyl sites for hydroxylation is 1. The quantitative estimate of drug-likeness (QED) is 0.880. The Morgan fingerprint density at radius 3 is 2.40 bits per heavy atom. The van der Waals surface area contributed by atoms with Crippen LogP contribution in [0.25, 0.3) is 11.3 Å². The van der Waals surface area contributed by atoms with Gasteiger partial charge in [0.25, 0.3) is 0 Å². The Balaban J connectivity index is 0.000001000. The minimum atomic E-state index is 0. The predicted molar refractivity (Wildman–Crippen MR) is 87.0 cm³/mol. The Labute approximate surface area is 132 Å². The van der Waals surface area contributed by atoms with Gasteiger partial charge >= 0.3 is 0 Å². The summed E-state index contributed by atoms with van der Waals surface area (Å²) < 4.78 is 0. The second-order valence-corrected chi connectivity index (χ2v) is 4.66. The lowest BCUT2D eigenvalue weighted by Gasteiger charge is -2.11. The zero-order valence-corrected chi connectivity index (χ0v) is 13.1. The van der Waals surface area contributed by atoms with Crippen molar-refractivity contribution in [1.82, 2.24) is 15.3 Å². The highest BCUT2D eigenvalue weighted by Crippen LogP contribution is 2.25. The molecule has 0 aliphatic carbocycles. The first-order valence-corrected chi connectivity index (χ1v) is 6.47. The Kier molecular flexibility index (Phi) is 6.40. The normalized spacial score (nSPS) is 13.4. The van der Waals surface area contributed by atoms with Crippen LogP contribution in [0.1, 0.15) is 17.1 Å². The lowest BCUT2D eigenvalue weighted by Crippen LogP contribution is -2.16. The summed E-state index contributed by atoms with van der Waals surface area (Å²) in [7, 11) is 0. The molecule has 2 heterocycles. The molecule has 1 aliphatic rings. The Morgan fingerprint density at radius 1 is 0.950 bits per heavy atom. The third-order valence-corrected chi connectivity index (χ3v) is 3.34. The molecule has 0 spiro atoms. The molecule has 1 aromatic carbocycles. The molecule has 0 fully saturated rings. The number of hydrogen-bond acceptors (Lipinski definition) is 3. The van der Waals surface area contributed by atoms with Gasteiger partial charge in [-0.25, -0.2) is 9.97 Å². The molecule has 1 aliphatic heterocycles. The third-order valence-electron chi connectivity index (χ3n) is 3.34. The van der Waals surface area contributed by atoms with Crippen LogP contribution in [0.15, 0.2) is 30.3 Å². The fourth-order valence-electron chi connectivity index (χ4n) is 2.50. The van der Waals surface area contributed by atoms with Gasteiger partial charge in [0.2, 0.25) is 0 Å². The highest BCUT2D eigenvalue weighted by molar-refractivity contribution is 5.85. The SMILES string of the molecule is Cc1nc2c(c(-c3ccccc3)n1)CCNCC2.Cl.Cl. The maximum Gasteiger partial charge on any atom is 0.126 e. The van der Waals surface area contributed by atoms with Gasteiger partial charge in [0.05, 0.1) is 5.69 Å². The number of halogens is 2. The van der Waals surface area contributed by atoms with E-state index >= 15 is 0 Å². The van der Waals surface area contributed by atoms with E-state index < -0.39 is 0 Å². The van der Waals surface area contributed by atoms with Crippen molar-refractivity contribution in [1.29, 1.82) is 0 Å². The fraction of sp³-hybridized carbons (Fsp3) is 0.333. The number of aromatic nitrogens is 2. The molecular formula is C15H19Cl2N3. The van der Waals surface area contributed by atoms with Crippen LogP contribution < -0.4 is 5.32 Å². The summed E-state index contributed by atoms with van der Waals surface area (Å²) in [6.45, 7) is 4.00. The first-order chi connectivity index (χ1) is 8.84. The van der Waals surface area contributed by atoms with E-state index in [1.54, 1.807) is 0 Å². The van der Waals surface area contributed by atoms with Crippen LogP contribution in [-0.2, 0) is 12.8 Å². The maximum atomic E-state index is 4.66. The highest BCUT2D eigenvalue weighted by atomic mass is 35.5. The van der Waals surface area contributed by atoms with Gasteiger partial charge in [-0.3, -0.25) is 0 Å². The van der Waals surface area contributed by atoms with E-state index in [1.165, 1.54) is 16.8 Å². The van der Waals surface area contributed by atoms with Crippen LogP contribution >= 0.6 is 24.8 Å². The predicted octanol–water partition coefficient (Wildman–Crippen LogP) is 2.98. The maximum absolute atomic E-state index is 4.66. The molecule has 0 saturated carbocycles. The molecule has 0 unspecified atom stereocenters. The van der Waals surface area contributed by atoms with E-state index in [9.17, 15) is 0 Å². The molecule has 1 N–H and O–H groups in total. The molecule has 3 nitrogen and oxygen atoms in total. The molecule has 1 aromatic heterocycles. The summed E-state index contributed by atoms with van der Waals surface area (Å²) in [5.74, 6) is 0.870. The van der Waals surface area contributed by atoms with Gasteiger partial charge in [-0.2, -0.15) is 0 Å². The van der Waals surface area contributed by atoms with Crippen molar-refractivity contribution in [3.05, 3.63) is 47.4 Å². The molecule has 0 radical (unpaired) electrons. The zero-order chi connectivity index (χ0) is 12.4. The lowest BCUT2D eigenvalue weighted by atomic mass is 10.0. The fourth-order valence-corrected chi connectivity index (χ4v) is 2.50. The first kappa shape index (κ1) is 16.9. The van der Waals surface area contributed by atoms with Crippen molar-refractivity contribution in [2.75, 3.05) is 13.1 Å². The Morgan fingerprint density at radius 2 is 1.65 bits per heavy atom. The number of benzene rings is 1. The smallest absolute Gasteiger partial charge is 0.126 e. The second kappa shape index (κ2) is 7.58. The average molecular weight is 312 g/mol. The topological polar surface area (TPSA) is 37.8 Å². The summed E-state index contributed by atoms with van der Waals surface area (Å²) in [6.07, 6.45) is 2.01. The standard InChI is InChI=1S/C15H17N3.2ClH/c1-11-17-14-8-10-16-9-7-13(14)15(18-11)12-5-3-2-4-6-12;;/h2-6,16H,7-10H2,1H3;2*1H. The zero-order valence-electron chi connectivity index (χ0n) is 11.4. The molecule has 20 heavy (non-hydrogen) atoms. The van der Waals surface area contributed by atoms with Gasteiger partial charge in [-0.1, -0.05) is 30.3 Å². The van der Waals surface area contributed by atoms with E-state index in [1.807, 2.05) is 13.0 Å². The number of nitrogens with zero attached hydrogens (tertiary/aromatic N) is 2. The average Bonchev–Trinajstić information content (AvgIpc) is 2.64. The Bertz CT molecular complexity index is 559. The first-order valence-electron chi connectivity index (χ1n) is 6.47. The van der Waals surface area contributed by atoms with E-state index in [-0.39, 0.29) is 24.8 Å². The van der Waals surface area contributed by atoms with Crippen LogP contribution in [0.2, 0.25) is 0 Å². The number of rotatable bonds is 1. The van der Waals surface area contributed by atoms with Gasteiger partial charge in [-0.15, -0.1) is 24.8 Å². The van der Waals surface area contributed by atoms with E-state index in [4.69, 9.17) is 0 Å². The third kappa shape index (κ3) is 3.48. The van der Waals surface area contributed by atoms with Crippen molar-refractivity contribution < 1.29 is 0 Å². The van der Waals surface area contributed by atoms with Crippen LogP contribution in [0.4, 0.5) is 0 Å². The van der Waals surface area contributed by atoms with Crippen LogP contribution in [0.5, 0.6) is 0 Å². The molecule has 2 aromatic rings. The van der Waals surface area contributed by atoms with E-state index in [0.29, 0.717) is 0 Å². The molecule has 0 saturated heterocycles. The van der Waals surface area contributed by atoms with Crippen LogP contribution in [-0.4, -0.2) is 23.1 Å². The van der Waals surface area contributed by atoms with Gasteiger partial charge in [-0.05, 0) is 19.9 Å². The van der Waals surface area contributed by atoms with Crippen LogP contribution in [0, 0.1) is 6.92 Å². The second-order valence-electron chi connectivity index (χ2n) is 4.66. The van der Waals surface area contributed by atoms with Crippen molar-refractivity contribution in [2.45, 2.75) is 19.8 Å². The minimum absolute atomic E-state index is 0. The van der Waals surface area contributed by atoms with Crippen molar-refractivity contribution in [3.63, 3.8) is 0 Å². The van der Waals surface area contributed by atoms with Crippen molar-refractivity contribution in [2.24, 2.45) is 0 Å².